The topological polar surface area (TPSA) is 88.0 Å². The third-order valence-corrected chi connectivity index (χ3v) is 3.57. The van der Waals surface area contributed by atoms with E-state index in [9.17, 15) is 9.90 Å². The first kappa shape index (κ1) is 14.5. The second-order valence-corrected chi connectivity index (χ2v) is 5.49. The summed E-state index contributed by atoms with van der Waals surface area (Å²) in [6, 6.07) is 1.72. The lowest BCUT2D eigenvalue weighted by molar-refractivity contribution is 0.0868. The predicted octanol–water partition coefficient (Wildman–Crippen LogP) is 1.35. The number of aliphatic hydroxyl groups excluding tert-OH is 1. The second kappa shape index (κ2) is 6.53. The summed E-state index contributed by atoms with van der Waals surface area (Å²) in [7, 11) is 0. The van der Waals surface area contributed by atoms with E-state index in [2.05, 4.69) is 20.3 Å². The third-order valence-electron chi connectivity index (χ3n) is 2.74. The summed E-state index contributed by atoms with van der Waals surface area (Å²) >= 11 is 1.31. The number of rotatable bonds is 5. The van der Waals surface area contributed by atoms with Gasteiger partial charge in [-0.05, 0) is 12.0 Å². The maximum Gasteiger partial charge on any atom is 0.270 e. The number of nitrogens with zero attached hydrogens (tertiary/aromatic N) is 3. The molecular formula is C13H16N4O2S. The maximum absolute atomic E-state index is 11.9. The Kier molecular flexibility index (Phi) is 4.75. The summed E-state index contributed by atoms with van der Waals surface area (Å²) in [5.41, 5.74) is 0.313. The molecule has 1 amide bonds. The van der Waals surface area contributed by atoms with Gasteiger partial charge in [-0.1, -0.05) is 13.8 Å². The Hall–Kier alpha value is -1.86. The minimum Gasteiger partial charge on any atom is -0.391 e. The number of amides is 1. The molecule has 0 spiro atoms. The Morgan fingerprint density at radius 2 is 2.10 bits per heavy atom. The first-order valence-electron chi connectivity index (χ1n) is 6.27. The van der Waals surface area contributed by atoms with E-state index in [1.165, 1.54) is 11.3 Å². The van der Waals surface area contributed by atoms with Gasteiger partial charge in [-0.2, -0.15) is 0 Å². The van der Waals surface area contributed by atoms with Crippen LogP contribution in [0.25, 0.3) is 10.8 Å². The van der Waals surface area contributed by atoms with Crippen LogP contribution in [0.3, 0.4) is 0 Å². The molecule has 2 heterocycles. The molecule has 0 fully saturated rings. The third kappa shape index (κ3) is 3.58. The van der Waals surface area contributed by atoms with Crippen LogP contribution in [0.15, 0.2) is 23.8 Å². The Labute approximate surface area is 120 Å². The highest BCUT2D eigenvalue weighted by molar-refractivity contribution is 7.13. The molecular weight excluding hydrogens is 276 g/mol. The Balaban J connectivity index is 2.00. The van der Waals surface area contributed by atoms with Crippen molar-refractivity contribution >= 4 is 17.2 Å². The largest absolute Gasteiger partial charge is 0.391 e. The zero-order valence-electron chi connectivity index (χ0n) is 11.3. The monoisotopic (exact) mass is 292 g/mol. The van der Waals surface area contributed by atoms with Crippen molar-refractivity contribution in [2.75, 3.05) is 6.54 Å². The van der Waals surface area contributed by atoms with Crippen LogP contribution in [0, 0.1) is 5.92 Å². The smallest absolute Gasteiger partial charge is 0.270 e. The van der Waals surface area contributed by atoms with Crippen molar-refractivity contribution in [2.24, 2.45) is 5.92 Å². The average molecular weight is 292 g/mol. The van der Waals surface area contributed by atoms with Crippen LogP contribution < -0.4 is 5.32 Å². The fourth-order valence-electron chi connectivity index (χ4n) is 1.41. The minimum atomic E-state index is -0.561. The van der Waals surface area contributed by atoms with Gasteiger partial charge in [0, 0.05) is 24.3 Å². The Morgan fingerprint density at radius 1 is 1.40 bits per heavy atom. The fraction of sp³-hybridized carbons (Fsp3) is 0.385. The lowest BCUT2D eigenvalue weighted by Gasteiger charge is -2.14. The van der Waals surface area contributed by atoms with Gasteiger partial charge >= 0.3 is 0 Å². The number of carbonyl (C=O) groups is 1. The summed E-state index contributed by atoms with van der Waals surface area (Å²) in [6.07, 6.45) is 2.69. The molecule has 2 rings (SSSR count). The molecule has 0 saturated carbocycles. The van der Waals surface area contributed by atoms with Gasteiger partial charge in [0.1, 0.15) is 5.69 Å². The van der Waals surface area contributed by atoms with Crippen LogP contribution in [0.1, 0.15) is 24.3 Å². The van der Waals surface area contributed by atoms with Crippen LogP contribution >= 0.6 is 11.3 Å². The predicted molar refractivity (Wildman–Crippen MR) is 76.3 cm³/mol. The molecule has 0 radical (unpaired) electrons. The van der Waals surface area contributed by atoms with E-state index in [1.807, 2.05) is 13.8 Å². The molecule has 0 saturated heterocycles. The van der Waals surface area contributed by atoms with E-state index < -0.39 is 6.10 Å². The number of hydrogen-bond donors (Lipinski definition) is 2. The quantitative estimate of drug-likeness (QED) is 0.868. The molecule has 2 N–H and O–H groups in total. The van der Waals surface area contributed by atoms with Gasteiger partial charge in [-0.3, -0.25) is 4.79 Å². The summed E-state index contributed by atoms with van der Waals surface area (Å²) in [5.74, 6) is 0.293. The number of thiazole rings is 1. The van der Waals surface area contributed by atoms with E-state index >= 15 is 0 Å². The standard InChI is InChI=1S/C13H16N4O2S/c1-8(2)10(18)6-16-12(19)9-7-20-13(17-9)11-14-4-3-5-15-11/h3-5,7-8,10,18H,6H2,1-2H3,(H,16,19). The first-order chi connectivity index (χ1) is 9.58. The van der Waals surface area contributed by atoms with Crippen LogP contribution in [-0.2, 0) is 0 Å². The maximum atomic E-state index is 11.9. The molecule has 7 heteroatoms. The molecule has 106 valence electrons. The minimum absolute atomic E-state index is 0.0963. The Morgan fingerprint density at radius 3 is 2.75 bits per heavy atom. The van der Waals surface area contributed by atoms with Gasteiger partial charge in [-0.25, -0.2) is 15.0 Å². The summed E-state index contributed by atoms with van der Waals surface area (Å²) in [6.45, 7) is 4.00. The first-order valence-corrected chi connectivity index (χ1v) is 7.15. The van der Waals surface area contributed by atoms with Crippen LogP contribution in [0.4, 0.5) is 0 Å². The van der Waals surface area contributed by atoms with Crippen molar-refractivity contribution < 1.29 is 9.90 Å². The van der Waals surface area contributed by atoms with Crippen LogP contribution in [-0.4, -0.2) is 38.6 Å². The summed E-state index contributed by atoms with van der Waals surface area (Å²) < 4.78 is 0. The zero-order chi connectivity index (χ0) is 14.5. The molecule has 0 aliphatic rings. The molecule has 0 aliphatic carbocycles. The molecule has 0 bridgehead atoms. The Bertz CT molecular complexity index is 571. The highest BCUT2D eigenvalue weighted by Gasteiger charge is 2.15. The van der Waals surface area contributed by atoms with Gasteiger partial charge in [0.25, 0.3) is 5.91 Å². The molecule has 0 aromatic carbocycles. The molecule has 2 aromatic heterocycles. The number of carbonyl (C=O) groups excluding carboxylic acids is 1. The highest BCUT2D eigenvalue weighted by Crippen LogP contribution is 2.19. The molecule has 1 unspecified atom stereocenters. The second-order valence-electron chi connectivity index (χ2n) is 4.63. The van der Waals surface area contributed by atoms with Crippen molar-refractivity contribution in [3.05, 3.63) is 29.5 Å². The van der Waals surface area contributed by atoms with E-state index in [-0.39, 0.29) is 18.4 Å². The molecule has 1 atom stereocenters. The van der Waals surface area contributed by atoms with Gasteiger partial charge in [-0.15, -0.1) is 11.3 Å². The molecule has 0 aliphatic heterocycles. The SMILES string of the molecule is CC(C)C(O)CNC(=O)c1csc(-c2ncccn2)n1. The summed E-state index contributed by atoms with van der Waals surface area (Å²) in [5, 5.41) is 14.6. The highest BCUT2D eigenvalue weighted by atomic mass is 32.1. The van der Waals surface area contributed by atoms with Gasteiger partial charge in [0.05, 0.1) is 6.10 Å². The van der Waals surface area contributed by atoms with Crippen molar-refractivity contribution in [1.82, 2.24) is 20.3 Å². The van der Waals surface area contributed by atoms with Crippen molar-refractivity contribution in [2.45, 2.75) is 20.0 Å². The molecule has 6 nitrogen and oxygen atoms in total. The van der Waals surface area contributed by atoms with Crippen molar-refractivity contribution in [1.29, 1.82) is 0 Å². The van der Waals surface area contributed by atoms with Gasteiger partial charge < -0.3 is 10.4 Å². The average Bonchev–Trinajstić information content (AvgIpc) is 2.95. The number of nitrogens with one attached hydrogen (secondary N) is 1. The zero-order valence-corrected chi connectivity index (χ0v) is 12.1. The van der Waals surface area contributed by atoms with E-state index in [4.69, 9.17) is 0 Å². The lowest BCUT2D eigenvalue weighted by Crippen LogP contribution is -2.34. The lowest BCUT2D eigenvalue weighted by atomic mass is 10.1. The van der Waals surface area contributed by atoms with Gasteiger partial charge in [0.2, 0.25) is 0 Å². The van der Waals surface area contributed by atoms with E-state index in [1.54, 1.807) is 23.8 Å². The summed E-state index contributed by atoms with van der Waals surface area (Å²) in [4.78, 5) is 24.3. The van der Waals surface area contributed by atoms with Crippen molar-refractivity contribution in [3.8, 4) is 10.8 Å². The normalized spacial score (nSPS) is 12.4. The fourth-order valence-corrected chi connectivity index (χ4v) is 2.16. The number of aromatic nitrogens is 3. The number of hydrogen-bond acceptors (Lipinski definition) is 6. The molecule has 20 heavy (non-hydrogen) atoms. The molecule has 2 aromatic rings. The van der Waals surface area contributed by atoms with E-state index in [0.29, 0.717) is 16.5 Å². The van der Waals surface area contributed by atoms with E-state index in [0.717, 1.165) is 0 Å². The number of aliphatic hydroxyl groups is 1. The van der Waals surface area contributed by atoms with Crippen molar-refractivity contribution in [3.63, 3.8) is 0 Å². The van der Waals surface area contributed by atoms with Gasteiger partial charge in [0.15, 0.2) is 10.8 Å². The van der Waals surface area contributed by atoms with Crippen LogP contribution in [0.5, 0.6) is 0 Å². The van der Waals surface area contributed by atoms with Crippen LogP contribution in [0.2, 0.25) is 0 Å².